The van der Waals surface area contributed by atoms with E-state index in [2.05, 4.69) is 5.32 Å². The van der Waals surface area contributed by atoms with Crippen LogP contribution in [0.15, 0.2) is 53.4 Å². The lowest BCUT2D eigenvalue weighted by molar-refractivity contribution is 0.0919. The third-order valence-electron chi connectivity index (χ3n) is 3.21. The molecule has 0 heterocycles. The summed E-state index contributed by atoms with van der Waals surface area (Å²) in [6.45, 7) is 5.76. The maximum Gasteiger partial charge on any atom is 0.251 e. The van der Waals surface area contributed by atoms with Crippen molar-refractivity contribution in [3.63, 3.8) is 0 Å². The van der Waals surface area contributed by atoms with E-state index in [9.17, 15) is 13.2 Å². The van der Waals surface area contributed by atoms with Gasteiger partial charge < -0.3 is 5.32 Å². The molecule has 0 unspecified atom stereocenters. The number of carbonyl (C=O) groups excluding carboxylic acids is 1. The van der Waals surface area contributed by atoms with Crippen LogP contribution in [0.4, 0.5) is 0 Å². The molecule has 2 rings (SSSR count). The van der Waals surface area contributed by atoms with Gasteiger partial charge in [0.15, 0.2) is 9.84 Å². The van der Waals surface area contributed by atoms with Gasteiger partial charge in [0.2, 0.25) is 0 Å². The lowest BCUT2D eigenvalue weighted by atomic mass is 10.0. The van der Waals surface area contributed by atoms with Crippen molar-refractivity contribution in [3.05, 3.63) is 54.1 Å². The molecule has 5 heteroatoms. The Labute approximate surface area is 137 Å². The Morgan fingerprint density at radius 2 is 1.52 bits per heavy atom. The Morgan fingerprint density at radius 1 is 0.957 bits per heavy atom. The minimum Gasteiger partial charge on any atom is -0.347 e. The molecule has 23 heavy (non-hydrogen) atoms. The van der Waals surface area contributed by atoms with E-state index in [1.807, 2.05) is 32.9 Å². The van der Waals surface area contributed by atoms with Crippen molar-refractivity contribution in [2.75, 3.05) is 6.26 Å². The van der Waals surface area contributed by atoms with Crippen LogP contribution in [0.25, 0.3) is 11.1 Å². The van der Waals surface area contributed by atoms with Gasteiger partial charge in [-0.1, -0.05) is 24.3 Å². The molecule has 0 radical (unpaired) electrons. The second-order valence-corrected chi connectivity index (χ2v) is 8.60. The summed E-state index contributed by atoms with van der Waals surface area (Å²) in [6.07, 6.45) is 1.18. The van der Waals surface area contributed by atoms with Crippen LogP contribution in [0.1, 0.15) is 31.1 Å². The number of rotatable bonds is 3. The highest BCUT2D eigenvalue weighted by molar-refractivity contribution is 7.90. The summed E-state index contributed by atoms with van der Waals surface area (Å²) >= 11 is 0. The summed E-state index contributed by atoms with van der Waals surface area (Å²) in [6, 6.07) is 13.9. The molecule has 4 nitrogen and oxygen atoms in total. The van der Waals surface area contributed by atoms with Crippen LogP contribution in [0.5, 0.6) is 0 Å². The highest BCUT2D eigenvalue weighted by Gasteiger charge is 2.16. The predicted octanol–water partition coefficient (Wildman–Crippen LogP) is 3.29. The molecule has 2 aromatic rings. The van der Waals surface area contributed by atoms with Gasteiger partial charge in [0.05, 0.1) is 4.90 Å². The normalized spacial score (nSPS) is 12.0. The summed E-state index contributed by atoms with van der Waals surface area (Å²) in [5.74, 6) is -0.154. The summed E-state index contributed by atoms with van der Waals surface area (Å²) in [5.41, 5.74) is 1.79. The zero-order chi connectivity index (χ0) is 17.3. The molecule has 0 fully saturated rings. The van der Waals surface area contributed by atoms with E-state index in [0.717, 1.165) is 11.1 Å². The van der Waals surface area contributed by atoms with Crippen molar-refractivity contribution >= 4 is 15.7 Å². The largest absolute Gasteiger partial charge is 0.347 e. The van der Waals surface area contributed by atoms with Gasteiger partial charge in [0, 0.05) is 17.4 Å². The first-order valence-corrected chi connectivity index (χ1v) is 9.18. The Morgan fingerprint density at radius 3 is 2.09 bits per heavy atom. The maximum atomic E-state index is 12.3. The molecule has 0 bridgehead atoms. The molecule has 1 amide bonds. The fraction of sp³-hybridized carbons (Fsp3) is 0.278. The summed E-state index contributed by atoms with van der Waals surface area (Å²) in [7, 11) is -3.26. The molecule has 122 valence electrons. The third-order valence-corrected chi connectivity index (χ3v) is 4.32. The molecule has 0 spiro atoms. The average Bonchev–Trinajstić information content (AvgIpc) is 2.45. The van der Waals surface area contributed by atoms with Gasteiger partial charge >= 0.3 is 0 Å². The van der Waals surface area contributed by atoms with Gasteiger partial charge in [0.1, 0.15) is 0 Å². The van der Waals surface area contributed by atoms with Crippen molar-refractivity contribution in [2.45, 2.75) is 31.2 Å². The summed E-state index contributed by atoms with van der Waals surface area (Å²) in [5, 5.41) is 2.91. The van der Waals surface area contributed by atoms with Crippen LogP contribution in [-0.4, -0.2) is 26.1 Å². The standard InChI is InChI=1S/C18H21NO3S/c1-18(2,3)19-17(20)15-9-5-7-13(11-15)14-8-6-10-16(12-14)23(4,21)22/h5-12H,1-4H3,(H,19,20). The summed E-state index contributed by atoms with van der Waals surface area (Å²) < 4.78 is 23.4. The molecule has 0 saturated heterocycles. The number of hydrogen-bond acceptors (Lipinski definition) is 3. The Bertz CT molecular complexity index is 833. The van der Waals surface area contributed by atoms with Crippen molar-refractivity contribution < 1.29 is 13.2 Å². The second kappa shape index (κ2) is 6.16. The Balaban J connectivity index is 2.39. The van der Waals surface area contributed by atoms with Gasteiger partial charge in [-0.25, -0.2) is 8.42 Å². The van der Waals surface area contributed by atoms with Crippen LogP contribution in [0.3, 0.4) is 0 Å². The molecule has 0 aliphatic heterocycles. The van der Waals surface area contributed by atoms with Gasteiger partial charge in [-0.3, -0.25) is 4.79 Å². The van der Waals surface area contributed by atoms with E-state index in [1.165, 1.54) is 6.26 Å². The molecule has 1 N–H and O–H groups in total. The molecule has 0 aromatic heterocycles. The van der Waals surface area contributed by atoms with E-state index >= 15 is 0 Å². The first-order chi connectivity index (χ1) is 10.6. The lowest BCUT2D eigenvalue weighted by Crippen LogP contribution is -2.40. The van der Waals surface area contributed by atoms with Crippen molar-refractivity contribution in [1.82, 2.24) is 5.32 Å². The smallest absolute Gasteiger partial charge is 0.251 e. The minimum absolute atomic E-state index is 0.154. The van der Waals surface area contributed by atoms with Crippen molar-refractivity contribution in [1.29, 1.82) is 0 Å². The number of amides is 1. The highest BCUT2D eigenvalue weighted by Crippen LogP contribution is 2.23. The number of carbonyl (C=O) groups is 1. The number of nitrogens with one attached hydrogen (secondary N) is 1. The minimum atomic E-state index is -3.26. The molecule has 0 aliphatic rings. The van der Waals surface area contributed by atoms with Gasteiger partial charge in [-0.05, 0) is 56.2 Å². The van der Waals surface area contributed by atoms with Crippen molar-refractivity contribution in [3.8, 4) is 11.1 Å². The van der Waals surface area contributed by atoms with E-state index in [0.29, 0.717) is 5.56 Å². The van der Waals surface area contributed by atoms with Gasteiger partial charge in [-0.2, -0.15) is 0 Å². The van der Waals surface area contributed by atoms with E-state index in [4.69, 9.17) is 0 Å². The summed E-state index contributed by atoms with van der Waals surface area (Å²) in [4.78, 5) is 12.5. The molecular weight excluding hydrogens is 310 g/mol. The van der Waals surface area contributed by atoms with Crippen LogP contribution in [-0.2, 0) is 9.84 Å². The number of sulfone groups is 1. The first kappa shape index (κ1) is 17.2. The number of hydrogen-bond donors (Lipinski definition) is 1. The average molecular weight is 331 g/mol. The lowest BCUT2D eigenvalue weighted by Gasteiger charge is -2.20. The maximum absolute atomic E-state index is 12.3. The monoisotopic (exact) mass is 331 g/mol. The van der Waals surface area contributed by atoms with Crippen LogP contribution < -0.4 is 5.32 Å². The first-order valence-electron chi connectivity index (χ1n) is 7.29. The zero-order valence-electron chi connectivity index (χ0n) is 13.8. The zero-order valence-corrected chi connectivity index (χ0v) is 14.6. The van der Waals surface area contributed by atoms with Crippen LogP contribution >= 0.6 is 0 Å². The topological polar surface area (TPSA) is 63.2 Å². The SMILES string of the molecule is CC(C)(C)NC(=O)c1cccc(-c2cccc(S(C)(=O)=O)c2)c1. The fourth-order valence-corrected chi connectivity index (χ4v) is 2.83. The quantitative estimate of drug-likeness (QED) is 0.939. The molecule has 0 aliphatic carbocycles. The molecular formula is C18H21NO3S. The third kappa shape index (κ3) is 4.66. The van der Waals surface area contributed by atoms with E-state index in [-0.39, 0.29) is 16.3 Å². The van der Waals surface area contributed by atoms with Crippen LogP contribution in [0.2, 0.25) is 0 Å². The number of benzene rings is 2. The van der Waals surface area contributed by atoms with Crippen molar-refractivity contribution in [2.24, 2.45) is 0 Å². The van der Waals surface area contributed by atoms with Crippen LogP contribution in [0, 0.1) is 0 Å². The molecule has 2 aromatic carbocycles. The van der Waals surface area contributed by atoms with Gasteiger partial charge in [-0.15, -0.1) is 0 Å². The fourth-order valence-electron chi connectivity index (χ4n) is 2.16. The second-order valence-electron chi connectivity index (χ2n) is 6.58. The predicted molar refractivity (Wildman–Crippen MR) is 92.2 cm³/mol. The Kier molecular flexibility index (Phi) is 4.61. The van der Waals surface area contributed by atoms with Gasteiger partial charge in [0.25, 0.3) is 5.91 Å². The Hall–Kier alpha value is -2.14. The molecule has 0 atom stereocenters. The van der Waals surface area contributed by atoms with E-state index in [1.54, 1.807) is 36.4 Å². The van der Waals surface area contributed by atoms with E-state index < -0.39 is 9.84 Å². The molecule has 0 saturated carbocycles. The highest BCUT2D eigenvalue weighted by atomic mass is 32.2.